The van der Waals surface area contributed by atoms with Crippen LogP contribution in [0.3, 0.4) is 0 Å². The van der Waals surface area contributed by atoms with Crippen molar-refractivity contribution in [3.63, 3.8) is 0 Å². The van der Waals surface area contributed by atoms with Crippen LogP contribution in [0.2, 0.25) is 0 Å². The number of hydrogen-bond donors (Lipinski definition) is 3. The number of carbonyl (C=O) groups excluding carboxylic acids is 4. The topological polar surface area (TPSA) is 134 Å². The molecule has 3 atom stereocenters. The van der Waals surface area contributed by atoms with Gasteiger partial charge in [-0.15, -0.1) is 11.8 Å². The largest absolute Gasteiger partial charge is 0.461 e. The van der Waals surface area contributed by atoms with Gasteiger partial charge in [0.05, 0.1) is 18.5 Å². The molecule has 0 spiro atoms. The first-order chi connectivity index (χ1) is 19.7. The summed E-state index contributed by atoms with van der Waals surface area (Å²) in [6.07, 6.45) is 0.0778. The molecule has 3 rings (SSSR count). The summed E-state index contributed by atoms with van der Waals surface area (Å²) in [4.78, 5) is 52.5. The number of unbranched alkanes of at least 4 members (excludes halogenated alkanes) is 1. The van der Waals surface area contributed by atoms with Crippen molar-refractivity contribution in [2.45, 2.75) is 70.4 Å². The third kappa shape index (κ3) is 10.7. The van der Waals surface area contributed by atoms with Crippen molar-refractivity contribution in [2.24, 2.45) is 0 Å². The van der Waals surface area contributed by atoms with Gasteiger partial charge in [-0.05, 0) is 44.2 Å². The van der Waals surface area contributed by atoms with E-state index in [0.717, 1.165) is 18.4 Å². The van der Waals surface area contributed by atoms with Crippen LogP contribution in [0.5, 0.6) is 0 Å². The van der Waals surface area contributed by atoms with Crippen LogP contribution in [-0.2, 0) is 36.9 Å². The van der Waals surface area contributed by atoms with Gasteiger partial charge in [0.25, 0.3) is 0 Å². The van der Waals surface area contributed by atoms with Crippen molar-refractivity contribution in [3.05, 3.63) is 71.8 Å². The van der Waals surface area contributed by atoms with Crippen LogP contribution < -0.4 is 10.6 Å². The van der Waals surface area contributed by atoms with Crippen molar-refractivity contribution in [1.29, 1.82) is 0 Å². The Morgan fingerprint density at radius 1 is 1.00 bits per heavy atom. The molecule has 0 aromatic heterocycles. The highest BCUT2D eigenvalue weighted by molar-refractivity contribution is 7.99. The molecular formula is C30H39N3O7S. The second-order valence-corrected chi connectivity index (χ2v) is 11.1. The van der Waals surface area contributed by atoms with Crippen molar-refractivity contribution in [3.8, 4) is 0 Å². The van der Waals surface area contributed by atoms with Gasteiger partial charge in [-0.25, -0.2) is 9.59 Å². The van der Waals surface area contributed by atoms with Crippen LogP contribution in [0.25, 0.3) is 0 Å². The van der Waals surface area contributed by atoms with Crippen molar-refractivity contribution >= 4 is 35.6 Å². The molecule has 1 heterocycles. The highest BCUT2D eigenvalue weighted by Gasteiger charge is 2.38. The molecule has 1 fully saturated rings. The quantitative estimate of drug-likeness (QED) is 0.228. The molecule has 0 radical (unpaired) electrons. The van der Waals surface area contributed by atoms with Crippen LogP contribution in [0.15, 0.2) is 60.7 Å². The SMILES string of the molecule is CC(C)OC(=O)C(O)CNC(=O)[C@@H]1CSCN1C(=O)C(CCCCc1ccccc1)NC(=O)OCc1ccccc1. The molecule has 0 saturated carbocycles. The number of nitrogens with zero attached hydrogens (tertiary/aromatic N) is 1. The summed E-state index contributed by atoms with van der Waals surface area (Å²) >= 11 is 1.41. The lowest BCUT2D eigenvalue weighted by atomic mass is 10.0. The van der Waals surface area contributed by atoms with E-state index in [1.54, 1.807) is 13.8 Å². The summed E-state index contributed by atoms with van der Waals surface area (Å²) in [5.41, 5.74) is 2.01. The standard InChI is InChI=1S/C30H39N3O7S/c1-21(2)40-29(37)26(34)17-31-27(35)25-19-41-20-33(25)28(36)24(16-10-9-13-22-11-5-3-6-12-22)32-30(38)39-18-23-14-7-4-8-15-23/h3-8,11-12,14-15,21,24-26,34H,9-10,13,16-20H2,1-2H3,(H,31,35)(H,32,38)/t24?,25-,26?/m0/s1. The van der Waals surface area contributed by atoms with Crippen LogP contribution in [0.1, 0.15) is 44.2 Å². The smallest absolute Gasteiger partial charge is 0.408 e. The molecule has 2 aromatic rings. The molecule has 2 unspecified atom stereocenters. The summed E-state index contributed by atoms with van der Waals surface area (Å²) in [5.74, 6) is -1.08. The van der Waals surface area contributed by atoms with E-state index in [-0.39, 0.29) is 24.9 Å². The van der Waals surface area contributed by atoms with E-state index in [1.807, 2.05) is 60.7 Å². The fourth-order valence-corrected chi connectivity index (χ4v) is 5.44. The Balaban J connectivity index is 1.60. The lowest BCUT2D eigenvalue weighted by Crippen LogP contribution is -2.55. The number of esters is 1. The molecule has 222 valence electrons. The number of aryl methyl sites for hydroxylation is 1. The monoisotopic (exact) mass is 585 g/mol. The second-order valence-electron chi connectivity index (χ2n) is 10.1. The number of aliphatic hydroxyl groups is 1. The Bertz CT molecular complexity index is 1130. The van der Waals surface area contributed by atoms with Gasteiger partial charge in [-0.2, -0.15) is 0 Å². The number of aliphatic hydroxyl groups excluding tert-OH is 1. The van der Waals surface area contributed by atoms with Gasteiger partial charge in [0.2, 0.25) is 11.8 Å². The molecule has 3 amide bonds. The summed E-state index contributed by atoms with van der Waals surface area (Å²) < 4.78 is 10.3. The summed E-state index contributed by atoms with van der Waals surface area (Å²) in [5, 5.41) is 15.3. The Morgan fingerprint density at radius 2 is 1.66 bits per heavy atom. The number of thioether (sulfide) groups is 1. The van der Waals surface area contributed by atoms with Crippen molar-refractivity contribution in [2.75, 3.05) is 18.2 Å². The van der Waals surface area contributed by atoms with Gasteiger partial charge in [0.15, 0.2) is 6.10 Å². The minimum Gasteiger partial charge on any atom is -0.461 e. The normalized spacial score (nSPS) is 16.1. The van der Waals surface area contributed by atoms with E-state index in [4.69, 9.17) is 9.47 Å². The first-order valence-electron chi connectivity index (χ1n) is 13.8. The number of hydrogen-bond acceptors (Lipinski definition) is 8. The Labute approximate surface area is 245 Å². The zero-order valence-corrected chi connectivity index (χ0v) is 24.3. The predicted octanol–water partition coefficient (Wildman–Crippen LogP) is 3.02. The first kappa shape index (κ1) is 32.0. The van der Waals surface area contributed by atoms with E-state index in [2.05, 4.69) is 10.6 Å². The molecule has 1 aliphatic heterocycles. The number of rotatable bonds is 14. The fourth-order valence-electron chi connectivity index (χ4n) is 4.27. The van der Waals surface area contributed by atoms with E-state index in [0.29, 0.717) is 18.6 Å². The first-order valence-corrected chi connectivity index (χ1v) is 15.0. The highest BCUT2D eigenvalue weighted by atomic mass is 32.2. The maximum atomic E-state index is 13.6. The lowest BCUT2D eigenvalue weighted by Gasteiger charge is -2.28. The molecule has 0 aliphatic carbocycles. The number of benzene rings is 2. The third-order valence-electron chi connectivity index (χ3n) is 6.42. The van der Waals surface area contributed by atoms with Crippen molar-refractivity contribution < 1.29 is 33.8 Å². The van der Waals surface area contributed by atoms with E-state index in [9.17, 15) is 24.3 Å². The number of amides is 3. The zero-order chi connectivity index (χ0) is 29.6. The van der Waals surface area contributed by atoms with Gasteiger partial charge in [0, 0.05) is 5.75 Å². The average molecular weight is 586 g/mol. The Morgan fingerprint density at radius 3 is 2.32 bits per heavy atom. The maximum absolute atomic E-state index is 13.6. The molecule has 10 nitrogen and oxygen atoms in total. The maximum Gasteiger partial charge on any atom is 0.408 e. The van der Waals surface area contributed by atoms with Crippen LogP contribution in [0, 0.1) is 0 Å². The minimum absolute atomic E-state index is 0.0633. The molecule has 0 bridgehead atoms. The van der Waals surface area contributed by atoms with Gasteiger partial charge < -0.3 is 30.1 Å². The van der Waals surface area contributed by atoms with Crippen LogP contribution in [-0.4, -0.2) is 76.3 Å². The predicted molar refractivity (Wildman–Crippen MR) is 156 cm³/mol. The van der Waals surface area contributed by atoms with Gasteiger partial charge in [-0.3, -0.25) is 9.59 Å². The van der Waals surface area contributed by atoms with E-state index >= 15 is 0 Å². The minimum atomic E-state index is -1.52. The molecular weight excluding hydrogens is 546 g/mol. The Hall–Kier alpha value is -3.57. The summed E-state index contributed by atoms with van der Waals surface area (Å²) in [7, 11) is 0. The Kier molecular flexibility index (Phi) is 13.0. The summed E-state index contributed by atoms with van der Waals surface area (Å²) in [6.45, 7) is 3.05. The number of alkyl carbamates (subject to hydrolysis) is 1. The highest BCUT2D eigenvalue weighted by Crippen LogP contribution is 2.23. The third-order valence-corrected chi connectivity index (χ3v) is 7.43. The number of carbonyl (C=O) groups is 4. The second kappa shape index (κ2) is 16.6. The lowest BCUT2D eigenvalue weighted by molar-refractivity contribution is -0.157. The molecule has 1 saturated heterocycles. The van der Waals surface area contributed by atoms with Gasteiger partial charge >= 0.3 is 12.1 Å². The van der Waals surface area contributed by atoms with Crippen molar-refractivity contribution in [1.82, 2.24) is 15.5 Å². The molecule has 3 N–H and O–H groups in total. The molecule has 11 heteroatoms. The van der Waals surface area contributed by atoms with Gasteiger partial charge in [0.1, 0.15) is 18.7 Å². The summed E-state index contributed by atoms with van der Waals surface area (Å²) in [6, 6.07) is 17.6. The fraction of sp³-hybridized carbons (Fsp3) is 0.467. The number of nitrogens with one attached hydrogen (secondary N) is 2. The molecule has 1 aliphatic rings. The zero-order valence-electron chi connectivity index (χ0n) is 23.5. The van der Waals surface area contributed by atoms with E-state index < -0.39 is 42.3 Å². The number of ether oxygens (including phenoxy) is 2. The molecule has 41 heavy (non-hydrogen) atoms. The van der Waals surface area contributed by atoms with Crippen LogP contribution in [0.4, 0.5) is 4.79 Å². The van der Waals surface area contributed by atoms with Gasteiger partial charge in [-0.1, -0.05) is 67.1 Å². The average Bonchev–Trinajstić information content (AvgIpc) is 3.47. The molecule has 2 aromatic carbocycles. The van der Waals surface area contributed by atoms with Crippen LogP contribution >= 0.6 is 11.8 Å². The van der Waals surface area contributed by atoms with E-state index in [1.165, 1.54) is 22.2 Å².